The summed E-state index contributed by atoms with van der Waals surface area (Å²) in [5.74, 6) is -0.321. The molecule has 0 bridgehead atoms. The molecule has 0 radical (unpaired) electrons. The van der Waals surface area contributed by atoms with Crippen LogP contribution in [0.25, 0.3) is 11.6 Å². The number of nitrogens with zero attached hydrogens (tertiary/aromatic N) is 5. The molecule has 10 nitrogen and oxygen atoms in total. The Hall–Kier alpha value is -3.05. The fourth-order valence-corrected chi connectivity index (χ4v) is 3.18. The van der Waals surface area contributed by atoms with Gasteiger partial charge in [0.1, 0.15) is 5.69 Å². The SMILES string of the molecule is CC(C)n1ccc(-c2nnc(NC(=O)c3ccc(S(=O)(=O)N(C)C)cc3)o2)n1. The van der Waals surface area contributed by atoms with E-state index in [0.717, 1.165) is 4.31 Å². The largest absolute Gasteiger partial charge is 0.401 e. The summed E-state index contributed by atoms with van der Waals surface area (Å²) in [5, 5.41) is 14.5. The summed E-state index contributed by atoms with van der Waals surface area (Å²) < 4.78 is 32.4. The van der Waals surface area contributed by atoms with Crippen LogP contribution in [0, 0.1) is 0 Å². The highest BCUT2D eigenvalue weighted by atomic mass is 32.2. The van der Waals surface area contributed by atoms with E-state index in [0.29, 0.717) is 5.69 Å². The lowest BCUT2D eigenvalue weighted by molar-refractivity contribution is 0.102. The van der Waals surface area contributed by atoms with Gasteiger partial charge in [0.2, 0.25) is 10.0 Å². The second-order valence-corrected chi connectivity index (χ2v) is 8.60. The number of sulfonamides is 1. The zero-order valence-electron chi connectivity index (χ0n) is 15.8. The molecule has 0 saturated heterocycles. The third-order valence-electron chi connectivity index (χ3n) is 3.90. The second-order valence-electron chi connectivity index (χ2n) is 6.45. The van der Waals surface area contributed by atoms with E-state index < -0.39 is 15.9 Å². The Kier molecular flexibility index (Phi) is 5.29. The van der Waals surface area contributed by atoms with Crippen molar-refractivity contribution in [2.75, 3.05) is 19.4 Å². The van der Waals surface area contributed by atoms with Crippen LogP contribution in [-0.2, 0) is 10.0 Å². The van der Waals surface area contributed by atoms with Gasteiger partial charge in [0.15, 0.2) is 0 Å². The molecule has 0 fully saturated rings. The van der Waals surface area contributed by atoms with Crippen molar-refractivity contribution in [1.29, 1.82) is 0 Å². The summed E-state index contributed by atoms with van der Waals surface area (Å²) in [6, 6.07) is 7.40. The number of anilines is 1. The van der Waals surface area contributed by atoms with Crippen LogP contribution < -0.4 is 5.32 Å². The van der Waals surface area contributed by atoms with Crippen LogP contribution in [0.15, 0.2) is 45.8 Å². The van der Waals surface area contributed by atoms with Crippen LogP contribution in [0.3, 0.4) is 0 Å². The van der Waals surface area contributed by atoms with E-state index in [1.807, 2.05) is 13.8 Å². The molecule has 148 valence electrons. The van der Waals surface area contributed by atoms with Gasteiger partial charge in [0.05, 0.1) is 4.90 Å². The van der Waals surface area contributed by atoms with Crippen LogP contribution in [0.5, 0.6) is 0 Å². The third-order valence-corrected chi connectivity index (χ3v) is 5.73. The van der Waals surface area contributed by atoms with Crippen molar-refractivity contribution in [3.05, 3.63) is 42.1 Å². The summed E-state index contributed by atoms with van der Waals surface area (Å²) in [6.45, 7) is 3.98. The smallest absolute Gasteiger partial charge is 0.322 e. The molecule has 0 aliphatic heterocycles. The average Bonchev–Trinajstić information content (AvgIpc) is 3.31. The van der Waals surface area contributed by atoms with Crippen LogP contribution in [0.2, 0.25) is 0 Å². The second kappa shape index (κ2) is 7.52. The Bertz CT molecular complexity index is 1080. The van der Waals surface area contributed by atoms with Gasteiger partial charge in [-0.1, -0.05) is 5.10 Å². The molecular formula is C17H20N6O4S. The number of carbonyl (C=O) groups is 1. The van der Waals surface area contributed by atoms with Crippen molar-refractivity contribution in [3.63, 3.8) is 0 Å². The Morgan fingerprint density at radius 1 is 1.14 bits per heavy atom. The first-order valence-corrected chi connectivity index (χ1v) is 9.85. The molecule has 1 aromatic carbocycles. The molecule has 2 aromatic heterocycles. The minimum Gasteiger partial charge on any atom is -0.401 e. The monoisotopic (exact) mass is 404 g/mol. The summed E-state index contributed by atoms with van der Waals surface area (Å²) in [6.07, 6.45) is 1.80. The minimum atomic E-state index is -3.56. The molecule has 3 rings (SSSR count). The first-order chi connectivity index (χ1) is 13.2. The van der Waals surface area contributed by atoms with Crippen molar-refractivity contribution in [3.8, 4) is 11.6 Å². The highest BCUT2D eigenvalue weighted by molar-refractivity contribution is 7.89. The molecule has 0 aliphatic rings. The maximum atomic E-state index is 12.3. The molecule has 0 spiro atoms. The molecular weight excluding hydrogens is 384 g/mol. The number of carbonyl (C=O) groups excluding carboxylic acids is 1. The molecule has 0 aliphatic carbocycles. The Labute approximate surface area is 162 Å². The normalized spacial score (nSPS) is 11.9. The van der Waals surface area contributed by atoms with E-state index in [1.54, 1.807) is 16.9 Å². The van der Waals surface area contributed by atoms with Crippen LogP contribution in [0.4, 0.5) is 6.01 Å². The molecule has 1 amide bonds. The zero-order valence-corrected chi connectivity index (χ0v) is 16.6. The van der Waals surface area contributed by atoms with Crippen molar-refractivity contribution in [1.82, 2.24) is 24.3 Å². The van der Waals surface area contributed by atoms with E-state index >= 15 is 0 Å². The van der Waals surface area contributed by atoms with E-state index in [1.165, 1.54) is 38.4 Å². The van der Waals surface area contributed by atoms with E-state index in [2.05, 4.69) is 20.6 Å². The molecule has 0 atom stereocenters. The maximum Gasteiger partial charge on any atom is 0.322 e. The summed E-state index contributed by atoms with van der Waals surface area (Å²) in [4.78, 5) is 12.4. The quantitative estimate of drug-likeness (QED) is 0.666. The lowest BCUT2D eigenvalue weighted by Gasteiger charge is -2.11. The first-order valence-electron chi connectivity index (χ1n) is 8.41. The zero-order chi connectivity index (χ0) is 20.5. The average molecular weight is 404 g/mol. The minimum absolute atomic E-state index is 0.0795. The predicted molar refractivity (Wildman–Crippen MR) is 101 cm³/mol. The van der Waals surface area contributed by atoms with Crippen LogP contribution >= 0.6 is 0 Å². The Balaban J connectivity index is 1.72. The van der Waals surface area contributed by atoms with Gasteiger partial charge in [0, 0.05) is 31.9 Å². The van der Waals surface area contributed by atoms with E-state index in [9.17, 15) is 13.2 Å². The number of amides is 1. The number of nitrogens with one attached hydrogen (secondary N) is 1. The molecule has 0 unspecified atom stereocenters. The molecule has 3 aromatic rings. The number of hydrogen-bond acceptors (Lipinski definition) is 7. The molecule has 2 heterocycles. The number of benzene rings is 1. The van der Waals surface area contributed by atoms with Gasteiger partial charge in [0.25, 0.3) is 11.8 Å². The predicted octanol–water partition coefficient (Wildman–Crippen LogP) is 2.02. The molecule has 28 heavy (non-hydrogen) atoms. The van der Waals surface area contributed by atoms with Crippen molar-refractivity contribution in [2.45, 2.75) is 24.8 Å². The molecule has 11 heteroatoms. The lowest BCUT2D eigenvalue weighted by Crippen LogP contribution is -2.22. The Morgan fingerprint density at radius 3 is 2.39 bits per heavy atom. The standard InChI is InChI=1S/C17H20N6O4S/c1-11(2)23-10-9-14(21-23)16-19-20-17(27-16)18-15(24)12-5-7-13(8-6-12)28(25,26)22(3)4/h5-11H,1-4H3,(H,18,20,24). The highest BCUT2D eigenvalue weighted by Crippen LogP contribution is 2.20. The van der Waals surface area contributed by atoms with Gasteiger partial charge in [-0.3, -0.25) is 14.8 Å². The summed E-state index contributed by atoms with van der Waals surface area (Å²) in [7, 11) is -0.682. The fraction of sp³-hybridized carbons (Fsp3) is 0.294. The number of aromatic nitrogens is 4. The lowest BCUT2D eigenvalue weighted by atomic mass is 10.2. The first kappa shape index (κ1) is 19.7. The maximum absolute atomic E-state index is 12.3. The van der Waals surface area contributed by atoms with Gasteiger partial charge in [-0.2, -0.15) is 5.10 Å². The fourth-order valence-electron chi connectivity index (χ4n) is 2.28. The van der Waals surface area contributed by atoms with Gasteiger partial charge >= 0.3 is 6.01 Å². The highest BCUT2D eigenvalue weighted by Gasteiger charge is 2.19. The van der Waals surface area contributed by atoms with Gasteiger partial charge < -0.3 is 4.42 Å². The molecule has 1 N–H and O–H groups in total. The summed E-state index contributed by atoms with van der Waals surface area (Å²) >= 11 is 0. The van der Waals surface area contributed by atoms with E-state index in [4.69, 9.17) is 4.42 Å². The van der Waals surface area contributed by atoms with Gasteiger partial charge in [-0.05, 0) is 44.2 Å². The Morgan fingerprint density at radius 2 is 1.82 bits per heavy atom. The number of hydrogen-bond donors (Lipinski definition) is 1. The number of rotatable bonds is 6. The van der Waals surface area contributed by atoms with Crippen molar-refractivity contribution >= 4 is 21.9 Å². The van der Waals surface area contributed by atoms with Gasteiger partial charge in [-0.15, -0.1) is 5.10 Å². The summed E-state index contributed by atoms with van der Waals surface area (Å²) in [5.41, 5.74) is 0.751. The van der Waals surface area contributed by atoms with Gasteiger partial charge in [-0.25, -0.2) is 12.7 Å². The van der Waals surface area contributed by atoms with Crippen molar-refractivity contribution in [2.24, 2.45) is 0 Å². The topological polar surface area (TPSA) is 123 Å². The molecule has 0 saturated carbocycles. The third kappa shape index (κ3) is 3.94. The van der Waals surface area contributed by atoms with Crippen molar-refractivity contribution < 1.29 is 17.6 Å². The van der Waals surface area contributed by atoms with E-state index in [-0.39, 0.29) is 28.4 Å². The van der Waals surface area contributed by atoms with Crippen LogP contribution in [0.1, 0.15) is 30.2 Å². The van der Waals surface area contributed by atoms with Crippen LogP contribution in [-0.4, -0.2) is 52.7 Å².